The zero-order valence-electron chi connectivity index (χ0n) is 15.7. The number of benzene rings is 2. The van der Waals surface area contributed by atoms with Crippen molar-refractivity contribution in [2.45, 2.75) is 46.0 Å². The Morgan fingerprint density at radius 2 is 1.72 bits per heavy atom. The molecule has 2 aromatic carbocycles. The molecule has 0 amide bonds. The number of pyridine rings is 1. The van der Waals surface area contributed by atoms with E-state index in [0.29, 0.717) is 0 Å². The molecule has 1 aromatic heterocycles. The molecule has 1 heterocycles. The molecular weight excluding hydrogens is 302 g/mol. The van der Waals surface area contributed by atoms with Crippen LogP contribution >= 0.6 is 0 Å². The lowest BCUT2D eigenvalue weighted by Gasteiger charge is -2.14. The number of aromatic nitrogens is 1. The third-order valence-corrected chi connectivity index (χ3v) is 5.94. The first-order chi connectivity index (χ1) is 12.1. The van der Waals surface area contributed by atoms with Crippen LogP contribution in [-0.4, -0.2) is 0 Å². The highest BCUT2D eigenvalue weighted by molar-refractivity contribution is 5.82. The molecule has 128 valence electrons. The lowest BCUT2D eigenvalue weighted by Crippen LogP contribution is -2.33. The maximum Gasteiger partial charge on any atom is 0.213 e. The number of para-hydroxylation sites is 1. The highest BCUT2D eigenvalue weighted by Crippen LogP contribution is 2.32. The van der Waals surface area contributed by atoms with Gasteiger partial charge in [0.1, 0.15) is 7.05 Å². The van der Waals surface area contributed by atoms with Gasteiger partial charge in [0, 0.05) is 23.1 Å². The van der Waals surface area contributed by atoms with E-state index in [2.05, 4.69) is 74.0 Å². The average molecular weight is 330 g/mol. The van der Waals surface area contributed by atoms with Crippen molar-refractivity contribution in [2.24, 2.45) is 13.0 Å². The van der Waals surface area contributed by atoms with Crippen molar-refractivity contribution in [2.75, 3.05) is 0 Å². The van der Waals surface area contributed by atoms with Gasteiger partial charge in [-0.3, -0.25) is 0 Å². The molecule has 0 saturated heterocycles. The van der Waals surface area contributed by atoms with E-state index in [4.69, 9.17) is 0 Å². The molecule has 0 aliphatic heterocycles. The molecule has 1 aliphatic carbocycles. The van der Waals surface area contributed by atoms with Crippen molar-refractivity contribution >= 4 is 10.9 Å². The fourth-order valence-electron chi connectivity index (χ4n) is 4.47. The first kappa shape index (κ1) is 16.3. The Labute approximate surface area is 151 Å². The highest BCUT2D eigenvalue weighted by Gasteiger charge is 2.22. The molecule has 0 spiro atoms. The van der Waals surface area contributed by atoms with Gasteiger partial charge in [0.05, 0.1) is 0 Å². The van der Waals surface area contributed by atoms with Crippen molar-refractivity contribution in [3.05, 3.63) is 65.2 Å². The van der Waals surface area contributed by atoms with Crippen LogP contribution < -0.4 is 4.57 Å². The summed E-state index contributed by atoms with van der Waals surface area (Å²) in [6.45, 7) is 4.41. The second-order valence-corrected chi connectivity index (χ2v) is 7.80. The van der Waals surface area contributed by atoms with Crippen LogP contribution in [0.3, 0.4) is 0 Å². The fraction of sp³-hybridized carbons (Fsp3) is 0.375. The number of fused-ring (bicyclic) bond motifs is 1. The Morgan fingerprint density at radius 3 is 2.52 bits per heavy atom. The van der Waals surface area contributed by atoms with Crippen LogP contribution in [0, 0.1) is 19.8 Å². The van der Waals surface area contributed by atoms with E-state index in [1.165, 1.54) is 71.0 Å². The zero-order chi connectivity index (χ0) is 17.4. The second-order valence-electron chi connectivity index (χ2n) is 7.80. The van der Waals surface area contributed by atoms with Gasteiger partial charge >= 0.3 is 0 Å². The minimum atomic E-state index is 0.863. The third kappa shape index (κ3) is 3.08. The number of nitrogens with zero attached hydrogens (tertiary/aromatic N) is 1. The molecule has 1 fully saturated rings. The average Bonchev–Trinajstić information content (AvgIpc) is 3.13. The lowest BCUT2D eigenvalue weighted by molar-refractivity contribution is -0.633. The molecule has 0 N–H and O–H groups in total. The molecule has 0 unspecified atom stereocenters. The topological polar surface area (TPSA) is 3.88 Å². The quantitative estimate of drug-likeness (QED) is 0.544. The summed E-state index contributed by atoms with van der Waals surface area (Å²) in [7, 11) is 2.21. The van der Waals surface area contributed by atoms with Crippen molar-refractivity contribution in [3.8, 4) is 11.3 Å². The van der Waals surface area contributed by atoms with Crippen molar-refractivity contribution in [1.29, 1.82) is 0 Å². The van der Waals surface area contributed by atoms with Crippen LogP contribution in [0.1, 0.15) is 42.4 Å². The first-order valence-electron chi connectivity index (χ1n) is 9.62. The van der Waals surface area contributed by atoms with Gasteiger partial charge in [0.2, 0.25) is 11.2 Å². The summed E-state index contributed by atoms with van der Waals surface area (Å²) in [5.41, 5.74) is 8.24. The predicted octanol–water partition coefficient (Wildman–Crippen LogP) is 5.68. The van der Waals surface area contributed by atoms with Gasteiger partial charge in [-0.2, -0.15) is 4.57 Å². The standard InChI is InChI=1S/C24H28N/c1-17-12-13-18(2)22(14-17)24-16-20(15-19-8-4-5-9-19)21-10-6-7-11-23(21)25(24)3/h6-7,10-14,16,19H,4-5,8-9,15H2,1-3H3/q+1. The maximum absolute atomic E-state index is 2.46. The van der Waals surface area contributed by atoms with Gasteiger partial charge < -0.3 is 0 Å². The summed E-state index contributed by atoms with van der Waals surface area (Å²) >= 11 is 0. The molecule has 0 bridgehead atoms. The van der Waals surface area contributed by atoms with Crippen LogP contribution in [0.15, 0.2) is 48.5 Å². The molecule has 1 saturated carbocycles. The van der Waals surface area contributed by atoms with Crippen LogP contribution in [0.5, 0.6) is 0 Å². The Hall–Kier alpha value is -2.15. The van der Waals surface area contributed by atoms with Crippen LogP contribution in [0.25, 0.3) is 22.2 Å². The summed E-state index contributed by atoms with van der Waals surface area (Å²) < 4.78 is 2.37. The Kier molecular flexibility index (Phi) is 4.33. The van der Waals surface area contributed by atoms with Crippen LogP contribution in [-0.2, 0) is 13.5 Å². The summed E-state index contributed by atoms with van der Waals surface area (Å²) in [6.07, 6.45) is 6.83. The molecule has 1 aliphatic rings. The van der Waals surface area contributed by atoms with Gasteiger partial charge in [0.15, 0.2) is 0 Å². The lowest BCUT2D eigenvalue weighted by atomic mass is 9.92. The van der Waals surface area contributed by atoms with E-state index in [1.54, 1.807) is 0 Å². The normalized spacial score (nSPS) is 15.2. The molecule has 25 heavy (non-hydrogen) atoms. The second kappa shape index (κ2) is 6.63. The zero-order valence-corrected chi connectivity index (χ0v) is 15.7. The molecule has 3 aromatic rings. The van der Waals surface area contributed by atoms with Gasteiger partial charge in [-0.1, -0.05) is 55.5 Å². The summed E-state index contributed by atoms with van der Waals surface area (Å²) in [5, 5.41) is 1.42. The van der Waals surface area contributed by atoms with Crippen molar-refractivity contribution < 1.29 is 4.57 Å². The Balaban J connectivity index is 1.92. The summed E-state index contributed by atoms with van der Waals surface area (Å²) in [6, 6.07) is 18.2. The molecule has 1 nitrogen and oxygen atoms in total. The monoisotopic (exact) mass is 330 g/mol. The van der Waals surface area contributed by atoms with Crippen LogP contribution in [0.2, 0.25) is 0 Å². The fourth-order valence-corrected chi connectivity index (χ4v) is 4.47. The minimum absolute atomic E-state index is 0.863. The van der Waals surface area contributed by atoms with Gasteiger partial charge in [-0.05, 0) is 49.4 Å². The summed E-state index contributed by atoms with van der Waals surface area (Å²) in [5.74, 6) is 0.863. The van der Waals surface area contributed by atoms with Crippen LogP contribution in [0.4, 0.5) is 0 Å². The summed E-state index contributed by atoms with van der Waals surface area (Å²) in [4.78, 5) is 0. The van der Waals surface area contributed by atoms with E-state index in [1.807, 2.05) is 0 Å². The minimum Gasteiger partial charge on any atom is -0.194 e. The smallest absolute Gasteiger partial charge is 0.194 e. The predicted molar refractivity (Wildman–Crippen MR) is 106 cm³/mol. The molecule has 4 rings (SSSR count). The van der Waals surface area contributed by atoms with Gasteiger partial charge in [0.25, 0.3) is 0 Å². The third-order valence-electron chi connectivity index (χ3n) is 5.94. The first-order valence-corrected chi connectivity index (χ1v) is 9.62. The van der Waals surface area contributed by atoms with Gasteiger partial charge in [-0.25, -0.2) is 0 Å². The number of rotatable bonds is 3. The number of aryl methyl sites for hydroxylation is 3. The molecule has 0 atom stereocenters. The molecule has 0 radical (unpaired) electrons. The van der Waals surface area contributed by atoms with E-state index in [0.717, 1.165) is 5.92 Å². The van der Waals surface area contributed by atoms with Gasteiger partial charge in [-0.15, -0.1) is 0 Å². The highest BCUT2D eigenvalue weighted by atomic mass is 14.9. The van der Waals surface area contributed by atoms with E-state index in [-0.39, 0.29) is 0 Å². The van der Waals surface area contributed by atoms with Crippen molar-refractivity contribution in [1.82, 2.24) is 0 Å². The van der Waals surface area contributed by atoms with Crippen molar-refractivity contribution in [3.63, 3.8) is 0 Å². The maximum atomic E-state index is 2.46. The Morgan fingerprint density at radius 1 is 0.960 bits per heavy atom. The number of hydrogen-bond acceptors (Lipinski definition) is 0. The SMILES string of the molecule is Cc1ccc(C)c(-c2cc(CC3CCCC3)c3ccccc3[n+]2C)c1. The van der Waals surface area contributed by atoms with E-state index >= 15 is 0 Å². The largest absolute Gasteiger partial charge is 0.213 e. The molecule has 1 heteroatoms. The van der Waals surface area contributed by atoms with E-state index < -0.39 is 0 Å². The Bertz CT molecular complexity index is 917. The molecular formula is C24H28N+. The van der Waals surface area contributed by atoms with E-state index in [9.17, 15) is 0 Å². The number of hydrogen-bond donors (Lipinski definition) is 0.